The van der Waals surface area contributed by atoms with Crippen LogP contribution in [0.1, 0.15) is 11.7 Å². The minimum Gasteiger partial charge on any atom is -0.371 e. The lowest BCUT2D eigenvalue weighted by Crippen LogP contribution is -2.33. The molecule has 1 aliphatic heterocycles. The molecule has 24 heavy (non-hydrogen) atoms. The number of halogens is 1. The quantitative estimate of drug-likeness (QED) is 0.805. The molecule has 0 spiro atoms. The van der Waals surface area contributed by atoms with E-state index in [1.54, 1.807) is 16.8 Å². The molecule has 3 aromatic rings. The van der Waals surface area contributed by atoms with Crippen molar-refractivity contribution in [3.63, 3.8) is 0 Å². The average Bonchev–Trinajstić information content (AvgIpc) is 3.13. The number of ether oxygens (including phenoxy) is 1. The summed E-state index contributed by atoms with van der Waals surface area (Å²) in [6, 6.07) is 14.3. The van der Waals surface area contributed by atoms with Crippen LogP contribution >= 0.6 is 0 Å². The van der Waals surface area contributed by atoms with E-state index in [-0.39, 0.29) is 11.9 Å². The van der Waals surface area contributed by atoms with E-state index < -0.39 is 0 Å². The molecular weight excluding hydrogens is 307 g/mol. The molecule has 0 radical (unpaired) electrons. The van der Waals surface area contributed by atoms with E-state index in [1.165, 1.54) is 12.1 Å². The molecule has 0 bridgehead atoms. The minimum atomic E-state index is -0.269. The van der Waals surface area contributed by atoms with Crippen LogP contribution < -0.4 is 5.32 Å². The second-order valence-electron chi connectivity index (χ2n) is 5.71. The molecule has 0 saturated carbocycles. The van der Waals surface area contributed by atoms with Gasteiger partial charge in [0.2, 0.25) is 0 Å². The standard InChI is InChI=1S/C18H17FN4O/c19-15-5-7-16(8-6-15)23-12-17(21-22-23)13-1-3-14(4-2-13)18-11-20-9-10-24-18/h1-8,12,18,20H,9-11H2/t18-/m0/s1. The van der Waals surface area contributed by atoms with E-state index in [1.807, 2.05) is 18.3 Å². The molecule has 1 N–H and O–H groups in total. The highest BCUT2D eigenvalue weighted by Gasteiger charge is 2.15. The Kier molecular flexibility index (Phi) is 4.06. The Balaban J connectivity index is 1.54. The lowest BCUT2D eigenvalue weighted by molar-refractivity contribution is 0.0277. The highest BCUT2D eigenvalue weighted by Crippen LogP contribution is 2.23. The molecule has 5 nitrogen and oxygen atoms in total. The summed E-state index contributed by atoms with van der Waals surface area (Å²) in [6.45, 7) is 2.47. The van der Waals surface area contributed by atoms with Crippen molar-refractivity contribution in [2.45, 2.75) is 6.10 Å². The molecule has 1 aliphatic rings. The summed E-state index contributed by atoms with van der Waals surface area (Å²) in [5.74, 6) is -0.269. The normalized spacial score (nSPS) is 17.8. The van der Waals surface area contributed by atoms with Crippen LogP contribution in [0.15, 0.2) is 54.7 Å². The highest BCUT2D eigenvalue weighted by molar-refractivity contribution is 5.58. The number of benzene rings is 2. The van der Waals surface area contributed by atoms with Gasteiger partial charge >= 0.3 is 0 Å². The van der Waals surface area contributed by atoms with Gasteiger partial charge in [0.15, 0.2) is 0 Å². The van der Waals surface area contributed by atoms with Crippen LogP contribution in [0, 0.1) is 5.82 Å². The van der Waals surface area contributed by atoms with E-state index in [0.717, 1.165) is 42.2 Å². The van der Waals surface area contributed by atoms with Crippen molar-refractivity contribution in [2.24, 2.45) is 0 Å². The molecule has 0 unspecified atom stereocenters. The third kappa shape index (κ3) is 3.06. The zero-order chi connectivity index (χ0) is 16.4. The Morgan fingerprint density at radius 1 is 1.08 bits per heavy atom. The van der Waals surface area contributed by atoms with Gasteiger partial charge < -0.3 is 10.1 Å². The molecule has 1 saturated heterocycles. The van der Waals surface area contributed by atoms with Gasteiger partial charge in [0, 0.05) is 18.7 Å². The number of hydrogen-bond donors (Lipinski definition) is 1. The number of nitrogens with zero attached hydrogens (tertiary/aromatic N) is 3. The van der Waals surface area contributed by atoms with Crippen molar-refractivity contribution < 1.29 is 9.13 Å². The van der Waals surface area contributed by atoms with Crippen LogP contribution in [-0.2, 0) is 4.74 Å². The van der Waals surface area contributed by atoms with E-state index in [0.29, 0.717) is 0 Å². The van der Waals surface area contributed by atoms with Crippen molar-refractivity contribution >= 4 is 0 Å². The van der Waals surface area contributed by atoms with Gasteiger partial charge in [-0.2, -0.15) is 0 Å². The van der Waals surface area contributed by atoms with E-state index in [9.17, 15) is 4.39 Å². The third-order valence-electron chi connectivity index (χ3n) is 4.09. The molecule has 122 valence electrons. The van der Waals surface area contributed by atoms with Gasteiger partial charge in [0.1, 0.15) is 11.5 Å². The lowest BCUT2D eigenvalue weighted by Gasteiger charge is -2.23. The summed E-state index contributed by atoms with van der Waals surface area (Å²) in [7, 11) is 0. The number of hydrogen-bond acceptors (Lipinski definition) is 4. The summed E-state index contributed by atoms with van der Waals surface area (Å²) in [5, 5.41) is 11.6. The fourth-order valence-electron chi connectivity index (χ4n) is 2.76. The van der Waals surface area contributed by atoms with E-state index >= 15 is 0 Å². The lowest BCUT2D eigenvalue weighted by atomic mass is 10.0. The maximum atomic E-state index is 13.0. The SMILES string of the molecule is Fc1ccc(-n2cc(-c3ccc([C@@H]4CNCCO4)cc3)nn2)cc1. The molecule has 0 amide bonds. The summed E-state index contributed by atoms with van der Waals surface area (Å²) >= 11 is 0. The molecule has 0 aliphatic carbocycles. The van der Waals surface area contributed by atoms with Gasteiger partial charge in [-0.05, 0) is 29.8 Å². The Hall–Kier alpha value is -2.57. The second kappa shape index (κ2) is 6.51. The van der Waals surface area contributed by atoms with E-state index in [4.69, 9.17) is 4.74 Å². The van der Waals surface area contributed by atoms with Gasteiger partial charge in [-0.1, -0.05) is 29.5 Å². The maximum absolute atomic E-state index is 13.0. The Morgan fingerprint density at radius 2 is 1.88 bits per heavy atom. The topological polar surface area (TPSA) is 52.0 Å². The summed E-state index contributed by atoms with van der Waals surface area (Å²) < 4.78 is 20.4. The fraction of sp³-hybridized carbons (Fsp3) is 0.222. The number of nitrogens with one attached hydrogen (secondary N) is 1. The van der Waals surface area contributed by atoms with Crippen molar-refractivity contribution in [1.82, 2.24) is 20.3 Å². The second-order valence-corrected chi connectivity index (χ2v) is 5.71. The third-order valence-corrected chi connectivity index (χ3v) is 4.09. The Morgan fingerprint density at radius 3 is 2.58 bits per heavy atom. The Bertz CT molecular complexity index is 808. The first-order valence-corrected chi connectivity index (χ1v) is 7.90. The van der Waals surface area contributed by atoms with Crippen molar-refractivity contribution in [3.05, 3.63) is 66.1 Å². The monoisotopic (exact) mass is 324 g/mol. The summed E-state index contributed by atoms with van der Waals surface area (Å²) in [5.41, 5.74) is 3.68. The average molecular weight is 324 g/mol. The highest BCUT2D eigenvalue weighted by atomic mass is 19.1. The first-order chi connectivity index (χ1) is 11.8. The van der Waals surface area contributed by atoms with Crippen LogP contribution in [0.4, 0.5) is 4.39 Å². The first kappa shape index (κ1) is 15.0. The number of aromatic nitrogens is 3. The molecule has 2 aromatic carbocycles. The smallest absolute Gasteiger partial charge is 0.123 e. The van der Waals surface area contributed by atoms with Crippen molar-refractivity contribution in [1.29, 1.82) is 0 Å². The minimum absolute atomic E-state index is 0.0997. The number of rotatable bonds is 3. The van der Waals surface area contributed by atoms with Crippen LogP contribution in [0.5, 0.6) is 0 Å². The predicted octanol–water partition coefficient (Wildman–Crippen LogP) is 2.73. The fourth-order valence-corrected chi connectivity index (χ4v) is 2.76. The molecular formula is C18H17FN4O. The predicted molar refractivity (Wildman–Crippen MR) is 88.3 cm³/mol. The van der Waals surface area contributed by atoms with E-state index in [2.05, 4.69) is 27.8 Å². The molecule has 4 rings (SSSR count). The largest absolute Gasteiger partial charge is 0.371 e. The van der Waals surface area contributed by atoms with Crippen LogP contribution in [-0.4, -0.2) is 34.7 Å². The van der Waals surface area contributed by atoms with Crippen molar-refractivity contribution in [3.8, 4) is 16.9 Å². The Labute approximate surface area is 139 Å². The number of morpholine rings is 1. The first-order valence-electron chi connectivity index (χ1n) is 7.90. The summed E-state index contributed by atoms with van der Waals surface area (Å²) in [4.78, 5) is 0. The van der Waals surface area contributed by atoms with Crippen LogP contribution in [0.2, 0.25) is 0 Å². The molecule has 1 fully saturated rings. The molecule has 1 atom stereocenters. The van der Waals surface area contributed by atoms with Gasteiger partial charge in [-0.25, -0.2) is 9.07 Å². The van der Waals surface area contributed by atoms with Crippen LogP contribution in [0.25, 0.3) is 16.9 Å². The zero-order valence-corrected chi connectivity index (χ0v) is 13.0. The van der Waals surface area contributed by atoms with Gasteiger partial charge in [-0.15, -0.1) is 5.10 Å². The summed E-state index contributed by atoms with van der Waals surface area (Å²) in [6.07, 6.45) is 1.93. The van der Waals surface area contributed by atoms with Gasteiger partial charge in [-0.3, -0.25) is 0 Å². The zero-order valence-electron chi connectivity index (χ0n) is 13.0. The molecule has 1 aromatic heterocycles. The van der Waals surface area contributed by atoms with Crippen molar-refractivity contribution in [2.75, 3.05) is 19.7 Å². The maximum Gasteiger partial charge on any atom is 0.123 e. The van der Waals surface area contributed by atoms with Gasteiger partial charge in [0.25, 0.3) is 0 Å². The molecule has 2 heterocycles. The van der Waals surface area contributed by atoms with Crippen LogP contribution in [0.3, 0.4) is 0 Å². The molecule has 6 heteroatoms. The van der Waals surface area contributed by atoms with Gasteiger partial charge in [0.05, 0.1) is 24.6 Å².